The summed E-state index contributed by atoms with van der Waals surface area (Å²) in [5, 5.41) is 0. The summed E-state index contributed by atoms with van der Waals surface area (Å²) in [6.07, 6.45) is 0.116. The molecule has 122 valence electrons. The molecule has 22 heavy (non-hydrogen) atoms. The van der Waals surface area contributed by atoms with E-state index in [0.29, 0.717) is 18.9 Å². The van der Waals surface area contributed by atoms with Crippen molar-refractivity contribution in [1.82, 2.24) is 4.90 Å². The van der Waals surface area contributed by atoms with E-state index in [-0.39, 0.29) is 12.5 Å². The largest absolute Gasteiger partial charge is 0.481 e. The number of benzene rings is 1. The summed E-state index contributed by atoms with van der Waals surface area (Å²) < 4.78 is 10.6. The Kier molecular flexibility index (Phi) is 7.43. The summed E-state index contributed by atoms with van der Waals surface area (Å²) in [6.45, 7) is 8.12. The van der Waals surface area contributed by atoms with Gasteiger partial charge in [0.15, 0.2) is 6.10 Å². The summed E-state index contributed by atoms with van der Waals surface area (Å²) in [5.41, 5.74) is 1.06. The molecule has 0 radical (unpaired) electrons. The van der Waals surface area contributed by atoms with Gasteiger partial charge in [-0.15, -0.1) is 0 Å². The van der Waals surface area contributed by atoms with Crippen LogP contribution in [0.25, 0.3) is 0 Å². The minimum atomic E-state index is -0.650. The Morgan fingerprint density at radius 2 is 2.00 bits per heavy atom. The monoisotopic (exact) mass is 307 g/mol. The number of amides is 1. The maximum atomic E-state index is 12.5. The van der Waals surface area contributed by atoms with Gasteiger partial charge in [-0.3, -0.25) is 9.59 Å². The molecule has 0 saturated heterocycles. The standard InChI is InChI=1S/C17H25NO4/c1-5-10-18(12-16(19)21-6-2)17(20)14(4)22-15-9-7-8-13(3)11-15/h7-9,11,14H,5-6,10,12H2,1-4H3. The number of aryl methyl sites for hydroxylation is 1. The van der Waals surface area contributed by atoms with Gasteiger partial charge in [0, 0.05) is 6.54 Å². The number of rotatable bonds is 8. The topological polar surface area (TPSA) is 55.8 Å². The van der Waals surface area contributed by atoms with Crippen LogP contribution in [0.5, 0.6) is 5.75 Å². The smallest absolute Gasteiger partial charge is 0.325 e. The Balaban J connectivity index is 2.69. The highest BCUT2D eigenvalue weighted by Gasteiger charge is 2.24. The first kappa shape index (κ1) is 18.0. The second-order valence-electron chi connectivity index (χ2n) is 5.14. The fourth-order valence-corrected chi connectivity index (χ4v) is 2.10. The van der Waals surface area contributed by atoms with Crippen LogP contribution in [0.15, 0.2) is 24.3 Å². The Morgan fingerprint density at radius 1 is 1.27 bits per heavy atom. The zero-order valence-corrected chi connectivity index (χ0v) is 13.8. The molecule has 1 rings (SSSR count). The minimum absolute atomic E-state index is 0.0397. The quantitative estimate of drug-likeness (QED) is 0.693. The van der Waals surface area contributed by atoms with Crippen molar-refractivity contribution in [3.05, 3.63) is 29.8 Å². The molecule has 1 amide bonds. The number of hydrogen-bond acceptors (Lipinski definition) is 4. The fourth-order valence-electron chi connectivity index (χ4n) is 2.10. The van der Waals surface area contributed by atoms with Crippen LogP contribution >= 0.6 is 0 Å². The number of hydrogen-bond donors (Lipinski definition) is 0. The van der Waals surface area contributed by atoms with Crippen molar-refractivity contribution >= 4 is 11.9 Å². The minimum Gasteiger partial charge on any atom is -0.481 e. The van der Waals surface area contributed by atoms with Gasteiger partial charge < -0.3 is 14.4 Å². The molecule has 5 nitrogen and oxygen atoms in total. The number of carbonyl (C=O) groups excluding carboxylic acids is 2. The van der Waals surface area contributed by atoms with Crippen LogP contribution < -0.4 is 4.74 Å². The first-order valence-corrected chi connectivity index (χ1v) is 7.65. The van der Waals surface area contributed by atoms with E-state index in [1.54, 1.807) is 13.8 Å². The Hall–Kier alpha value is -2.04. The highest BCUT2D eigenvalue weighted by atomic mass is 16.5. The average molecular weight is 307 g/mol. The number of ether oxygens (including phenoxy) is 2. The van der Waals surface area contributed by atoms with Gasteiger partial charge in [-0.2, -0.15) is 0 Å². The van der Waals surface area contributed by atoms with Crippen LogP contribution in [0.1, 0.15) is 32.8 Å². The molecular formula is C17H25NO4. The molecule has 0 saturated carbocycles. The number of nitrogens with zero attached hydrogens (tertiary/aromatic N) is 1. The molecule has 5 heteroatoms. The lowest BCUT2D eigenvalue weighted by Crippen LogP contribution is -2.44. The van der Waals surface area contributed by atoms with Crippen LogP contribution in [-0.4, -0.2) is 42.6 Å². The second kappa shape index (κ2) is 9.07. The van der Waals surface area contributed by atoms with Gasteiger partial charge in [0.1, 0.15) is 12.3 Å². The van der Waals surface area contributed by atoms with Gasteiger partial charge in [-0.05, 0) is 44.9 Å². The lowest BCUT2D eigenvalue weighted by atomic mass is 10.2. The maximum absolute atomic E-state index is 12.5. The third kappa shape index (κ3) is 5.76. The van der Waals surface area contributed by atoms with Gasteiger partial charge in [0.2, 0.25) is 0 Å². The summed E-state index contributed by atoms with van der Waals surface area (Å²) >= 11 is 0. The van der Waals surface area contributed by atoms with Crippen molar-refractivity contribution < 1.29 is 19.1 Å². The molecule has 0 aliphatic rings. The molecule has 0 fully saturated rings. The molecule has 1 atom stereocenters. The van der Waals surface area contributed by atoms with Crippen molar-refractivity contribution in [2.45, 2.75) is 40.2 Å². The van der Waals surface area contributed by atoms with Crippen molar-refractivity contribution in [1.29, 1.82) is 0 Å². The molecule has 0 aliphatic heterocycles. The van der Waals surface area contributed by atoms with Crippen molar-refractivity contribution in [2.24, 2.45) is 0 Å². The van der Waals surface area contributed by atoms with Crippen LogP contribution in [-0.2, 0) is 14.3 Å². The summed E-state index contributed by atoms with van der Waals surface area (Å²) in [6, 6.07) is 7.53. The lowest BCUT2D eigenvalue weighted by molar-refractivity contribution is -0.151. The predicted molar refractivity (Wildman–Crippen MR) is 84.8 cm³/mol. The first-order chi connectivity index (χ1) is 10.5. The van der Waals surface area contributed by atoms with E-state index in [1.807, 2.05) is 38.1 Å². The van der Waals surface area contributed by atoms with Gasteiger partial charge in [0.25, 0.3) is 5.91 Å². The van der Waals surface area contributed by atoms with E-state index >= 15 is 0 Å². The van der Waals surface area contributed by atoms with Crippen LogP contribution in [0.3, 0.4) is 0 Å². The number of carbonyl (C=O) groups is 2. The fraction of sp³-hybridized carbons (Fsp3) is 0.529. The number of esters is 1. The van der Waals surface area contributed by atoms with E-state index in [0.717, 1.165) is 12.0 Å². The van der Waals surface area contributed by atoms with E-state index in [2.05, 4.69) is 0 Å². The zero-order valence-electron chi connectivity index (χ0n) is 13.8. The maximum Gasteiger partial charge on any atom is 0.325 e. The highest BCUT2D eigenvalue weighted by molar-refractivity contribution is 5.85. The van der Waals surface area contributed by atoms with E-state index < -0.39 is 12.1 Å². The average Bonchev–Trinajstić information content (AvgIpc) is 2.46. The molecule has 1 aromatic rings. The van der Waals surface area contributed by atoms with Gasteiger partial charge in [-0.1, -0.05) is 19.1 Å². The van der Waals surface area contributed by atoms with Crippen molar-refractivity contribution in [3.63, 3.8) is 0 Å². The molecule has 0 N–H and O–H groups in total. The third-order valence-corrected chi connectivity index (χ3v) is 3.08. The van der Waals surface area contributed by atoms with Crippen LogP contribution in [0.2, 0.25) is 0 Å². The Bertz CT molecular complexity index is 501. The van der Waals surface area contributed by atoms with E-state index in [1.165, 1.54) is 4.90 Å². The first-order valence-electron chi connectivity index (χ1n) is 7.65. The summed E-state index contributed by atoms with van der Waals surface area (Å²) in [5.74, 6) is 0.0388. The van der Waals surface area contributed by atoms with Crippen molar-refractivity contribution in [3.8, 4) is 5.75 Å². The molecular weight excluding hydrogens is 282 g/mol. The van der Waals surface area contributed by atoms with Crippen LogP contribution in [0.4, 0.5) is 0 Å². The SMILES string of the molecule is CCCN(CC(=O)OCC)C(=O)C(C)Oc1cccc(C)c1. The molecule has 0 spiro atoms. The second-order valence-corrected chi connectivity index (χ2v) is 5.14. The van der Waals surface area contributed by atoms with Gasteiger partial charge in [-0.25, -0.2) is 0 Å². The molecule has 0 aromatic heterocycles. The van der Waals surface area contributed by atoms with Gasteiger partial charge >= 0.3 is 5.97 Å². The van der Waals surface area contributed by atoms with Crippen LogP contribution in [0, 0.1) is 6.92 Å². The zero-order chi connectivity index (χ0) is 16.5. The summed E-state index contributed by atoms with van der Waals surface area (Å²) in [7, 11) is 0. The molecule has 1 aromatic carbocycles. The molecule has 0 bridgehead atoms. The predicted octanol–water partition coefficient (Wildman–Crippen LogP) is 2.56. The van der Waals surface area contributed by atoms with E-state index in [9.17, 15) is 9.59 Å². The Morgan fingerprint density at radius 3 is 2.59 bits per heavy atom. The van der Waals surface area contributed by atoms with Gasteiger partial charge in [0.05, 0.1) is 6.61 Å². The highest BCUT2D eigenvalue weighted by Crippen LogP contribution is 2.15. The molecule has 1 unspecified atom stereocenters. The lowest BCUT2D eigenvalue weighted by Gasteiger charge is -2.25. The molecule has 0 heterocycles. The third-order valence-electron chi connectivity index (χ3n) is 3.08. The van der Waals surface area contributed by atoms with Crippen molar-refractivity contribution in [2.75, 3.05) is 19.7 Å². The molecule has 0 aliphatic carbocycles. The Labute approximate surface area is 132 Å². The van der Waals surface area contributed by atoms with E-state index in [4.69, 9.17) is 9.47 Å². The summed E-state index contributed by atoms with van der Waals surface area (Å²) in [4.78, 5) is 25.5. The normalized spacial score (nSPS) is 11.6.